The molecule has 0 spiro atoms. The number of nitrogens with one attached hydrogen (secondary N) is 2. The molecule has 0 aliphatic heterocycles. The van der Waals surface area contributed by atoms with Gasteiger partial charge in [-0.05, 0) is 55.2 Å². The molecule has 8 heteroatoms. The molecule has 0 saturated heterocycles. The molecule has 3 aromatic carbocycles. The zero-order chi connectivity index (χ0) is 31.6. The van der Waals surface area contributed by atoms with Crippen molar-refractivity contribution in [2.45, 2.75) is 63.8 Å². The lowest BCUT2D eigenvalue weighted by Crippen LogP contribution is -2.55. The zero-order valence-corrected chi connectivity index (χ0v) is 26.2. The second kappa shape index (κ2) is 15.5. The van der Waals surface area contributed by atoms with E-state index in [4.69, 9.17) is 0 Å². The monoisotopic (exact) mass is 586 g/mol. The standard InChI is InChI=1S/C35H46N4O4/c1-25(40)24-37-35(2,3)20-12-17-32(41)38(5)31(23-27-18-19-28-15-10-11-16-29(28)21-27)34(43)39(6)30(33(42)36-4)22-26-13-8-7-9-14-26/h7-19,21,25,30-31,37,40H,20,22-24H2,1-6H3,(H,36,42)/b17-12+/t25-,30-,31-/m1/s1. The number of rotatable bonds is 14. The van der Waals surface area contributed by atoms with Crippen LogP contribution in [0.15, 0.2) is 84.9 Å². The van der Waals surface area contributed by atoms with Crippen molar-refractivity contribution >= 4 is 28.5 Å². The lowest BCUT2D eigenvalue weighted by atomic mass is 9.98. The number of fused-ring (bicyclic) bond motifs is 1. The number of hydrogen-bond donors (Lipinski definition) is 3. The molecular weight excluding hydrogens is 540 g/mol. The highest BCUT2D eigenvalue weighted by Crippen LogP contribution is 2.20. The Morgan fingerprint density at radius 2 is 1.49 bits per heavy atom. The summed E-state index contributed by atoms with van der Waals surface area (Å²) in [7, 11) is 4.82. The van der Waals surface area contributed by atoms with Crippen LogP contribution in [-0.4, -0.2) is 84.0 Å². The quantitative estimate of drug-likeness (QED) is 0.250. The highest BCUT2D eigenvalue weighted by atomic mass is 16.3. The highest BCUT2D eigenvalue weighted by molar-refractivity contribution is 5.95. The normalized spacial score (nSPS) is 13.8. The van der Waals surface area contributed by atoms with Gasteiger partial charge in [-0.25, -0.2) is 0 Å². The minimum absolute atomic E-state index is 0.273. The summed E-state index contributed by atoms with van der Waals surface area (Å²) in [5.41, 5.74) is 1.52. The Morgan fingerprint density at radius 1 is 0.860 bits per heavy atom. The van der Waals surface area contributed by atoms with Crippen LogP contribution in [0.5, 0.6) is 0 Å². The summed E-state index contributed by atoms with van der Waals surface area (Å²) in [4.78, 5) is 43.6. The molecule has 0 aliphatic rings. The van der Waals surface area contributed by atoms with Crippen molar-refractivity contribution in [2.24, 2.45) is 0 Å². The number of likely N-dealkylation sites (N-methyl/N-ethyl adjacent to an activating group) is 3. The summed E-state index contributed by atoms with van der Waals surface area (Å²) in [6.45, 7) is 6.16. The van der Waals surface area contributed by atoms with E-state index in [2.05, 4.69) is 10.6 Å². The number of aliphatic hydroxyl groups is 1. The summed E-state index contributed by atoms with van der Waals surface area (Å²) >= 11 is 0. The van der Waals surface area contributed by atoms with Gasteiger partial charge in [0.05, 0.1) is 6.10 Å². The number of benzene rings is 3. The van der Waals surface area contributed by atoms with E-state index in [1.54, 1.807) is 34.1 Å². The summed E-state index contributed by atoms with van der Waals surface area (Å²) < 4.78 is 0. The van der Waals surface area contributed by atoms with Gasteiger partial charge in [0.2, 0.25) is 17.7 Å². The minimum Gasteiger partial charge on any atom is -0.392 e. The molecule has 0 fully saturated rings. The molecular formula is C35H46N4O4. The number of aliphatic hydroxyl groups excluding tert-OH is 1. The predicted octanol–water partition coefficient (Wildman–Crippen LogP) is 3.72. The van der Waals surface area contributed by atoms with Crippen LogP contribution in [-0.2, 0) is 27.2 Å². The SMILES string of the molecule is CNC(=O)[C@@H](Cc1ccccc1)N(C)C(=O)[C@@H](Cc1ccc2ccccc2c1)N(C)C(=O)/C=C/CC(C)(C)NC[C@@H](C)O. The van der Waals surface area contributed by atoms with Crippen LogP contribution in [0.4, 0.5) is 0 Å². The first-order chi connectivity index (χ1) is 20.4. The van der Waals surface area contributed by atoms with E-state index in [1.165, 1.54) is 15.9 Å². The van der Waals surface area contributed by atoms with Gasteiger partial charge in [-0.3, -0.25) is 14.4 Å². The van der Waals surface area contributed by atoms with E-state index in [1.807, 2.05) is 86.6 Å². The lowest BCUT2D eigenvalue weighted by molar-refractivity contribution is -0.146. The Kier molecular flexibility index (Phi) is 12.0. The molecule has 3 N–H and O–H groups in total. The Morgan fingerprint density at radius 3 is 2.14 bits per heavy atom. The van der Waals surface area contributed by atoms with Gasteiger partial charge in [0, 0.05) is 46.1 Å². The number of carbonyl (C=O) groups excluding carboxylic acids is 3. The maximum absolute atomic E-state index is 14.2. The van der Waals surface area contributed by atoms with E-state index in [0.717, 1.165) is 21.9 Å². The zero-order valence-electron chi connectivity index (χ0n) is 26.2. The van der Waals surface area contributed by atoms with E-state index in [0.29, 0.717) is 19.4 Å². The van der Waals surface area contributed by atoms with Crippen LogP contribution >= 0.6 is 0 Å². The van der Waals surface area contributed by atoms with Gasteiger partial charge >= 0.3 is 0 Å². The summed E-state index contributed by atoms with van der Waals surface area (Å²) in [6, 6.07) is 22.0. The van der Waals surface area contributed by atoms with Gasteiger partial charge in [0.25, 0.3) is 0 Å². The maximum Gasteiger partial charge on any atom is 0.246 e. The molecule has 0 radical (unpaired) electrons. The average Bonchev–Trinajstić information content (AvgIpc) is 3.00. The van der Waals surface area contributed by atoms with Gasteiger partial charge in [0.1, 0.15) is 12.1 Å². The highest BCUT2D eigenvalue weighted by Gasteiger charge is 2.34. The third-order valence-electron chi connectivity index (χ3n) is 7.74. The first kappa shape index (κ1) is 33.5. The van der Waals surface area contributed by atoms with Crippen molar-refractivity contribution in [2.75, 3.05) is 27.7 Å². The topological polar surface area (TPSA) is 102 Å². The third kappa shape index (κ3) is 9.76. The fourth-order valence-corrected chi connectivity index (χ4v) is 5.00. The number of carbonyl (C=O) groups is 3. The smallest absolute Gasteiger partial charge is 0.246 e. The first-order valence-electron chi connectivity index (χ1n) is 14.8. The van der Waals surface area contributed by atoms with Gasteiger partial charge in [0.15, 0.2) is 0 Å². The molecule has 0 unspecified atom stereocenters. The second-order valence-corrected chi connectivity index (χ2v) is 11.8. The van der Waals surface area contributed by atoms with E-state index in [9.17, 15) is 19.5 Å². The Hall–Kier alpha value is -4.01. The van der Waals surface area contributed by atoms with Crippen LogP contribution in [0.25, 0.3) is 10.8 Å². The number of nitrogens with zero attached hydrogens (tertiary/aromatic N) is 2. The summed E-state index contributed by atoms with van der Waals surface area (Å²) in [5, 5.41) is 17.7. The molecule has 0 bridgehead atoms. The fraction of sp³-hybridized carbons (Fsp3) is 0.400. The van der Waals surface area contributed by atoms with E-state index < -0.39 is 18.2 Å². The molecule has 3 atom stereocenters. The summed E-state index contributed by atoms with van der Waals surface area (Å²) in [5.74, 6) is -0.899. The number of β-amino-alcohol motifs (C(OH)–C–C–N with tert-alkyl or cyclic N) is 1. The van der Waals surface area contributed by atoms with Crippen molar-refractivity contribution < 1.29 is 19.5 Å². The van der Waals surface area contributed by atoms with Crippen LogP contribution in [0, 0.1) is 0 Å². The van der Waals surface area contributed by atoms with Crippen molar-refractivity contribution in [3.8, 4) is 0 Å². The van der Waals surface area contributed by atoms with E-state index >= 15 is 0 Å². The maximum atomic E-state index is 14.2. The van der Waals surface area contributed by atoms with Crippen LogP contribution < -0.4 is 10.6 Å². The Bertz CT molecular complexity index is 1400. The summed E-state index contributed by atoms with van der Waals surface area (Å²) in [6.07, 6.45) is 3.99. The number of hydrogen-bond acceptors (Lipinski definition) is 5. The third-order valence-corrected chi connectivity index (χ3v) is 7.74. The van der Waals surface area contributed by atoms with Gasteiger partial charge in [-0.2, -0.15) is 0 Å². The average molecular weight is 587 g/mol. The molecule has 3 aromatic rings. The largest absolute Gasteiger partial charge is 0.392 e. The lowest BCUT2D eigenvalue weighted by Gasteiger charge is -2.34. The second-order valence-electron chi connectivity index (χ2n) is 11.8. The molecule has 0 heterocycles. The fourth-order valence-electron chi connectivity index (χ4n) is 5.00. The van der Waals surface area contributed by atoms with Crippen LogP contribution in [0.3, 0.4) is 0 Å². The van der Waals surface area contributed by atoms with Crippen molar-refractivity contribution in [1.82, 2.24) is 20.4 Å². The molecule has 3 amide bonds. The molecule has 3 rings (SSSR count). The van der Waals surface area contributed by atoms with Gasteiger partial charge in [-0.1, -0.05) is 78.9 Å². The van der Waals surface area contributed by atoms with E-state index in [-0.39, 0.29) is 29.7 Å². The van der Waals surface area contributed by atoms with Crippen LogP contribution in [0.2, 0.25) is 0 Å². The van der Waals surface area contributed by atoms with Gasteiger partial charge in [-0.15, -0.1) is 0 Å². The predicted molar refractivity (Wildman–Crippen MR) is 173 cm³/mol. The Labute approximate surface area is 255 Å². The molecule has 43 heavy (non-hydrogen) atoms. The van der Waals surface area contributed by atoms with Crippen molar-refractivity contribution in [1.29, 1.82) is 0 Å². The molecule has 8 nitrogen and oxygen atoms in total. The van der Waals surface area contributed by atoms with Crippen molar-refractivity contribution in [3.63, 3.8) is 0 Å². The minimum atomic E-state index is -0.840. The Balaban J connectivity index is 1.88. The first-order valence-corrected chi connectivity index (χ1v) is 14.8. The number of amides is 3. The van der Waals surface area contributed by atoms with Crippen LogP contribution in [0.1, 0.15) is 38.3 Å². The van der Waals surface area contributed by atoms with Crippen molar-refractivity contribution in [3.05, 3.63) is 96.1 Å². The molecule has 0 saturated carbocycles. The van der Waals surface area contributed by atoms with Gasteiger partial charge < -0.3 is 25.5 Å². The molecule has 0 aromatic heterocycles. The molecule has 230 valence electrons. The molecule has 0 aliphatic carbocycles.